The van der Waals surface area contributed by atoms with Crippen molar-refractivity contribution >= 4 is 29.1 Å². The maximum Gasteiger partial charge on any atom is 0.323 e. The van der Waals surface area contributed by atoms with Gasteiger partial charge in [-0.15, -0.1) is 0 Å². The standard InChI is InChI=1S/C26H37N5O4/c1-18(2)15-31(22-7-5-4-6-8-22)24-10-9-19(20(16-35-3)12-25(32)33)11-23(24)30-26(34)29-21-13-27-17-28-14-21/h9-11,13-14,17-18,20,22H,4-8,12,15-16H2,1-3H3,(H,32,33)(H2,29,30,34). The fraction of sp³-hybridized carbons (Fsp3) is 0.538. The second-order valence-electron chi connectivity index (χ2n) is 9.57. The van der Waals surface area contributed by atoms with E-state index in [-0.39, 0.29) is 18.9 Å². The first-order valence-electron chi connectivity index (χ1n) is 12.3. The Hall–Kier alpha value is -3.20. The largest absolute Gasteiger partial charge is 0.481 e. The predicted molar refractivity (Wildman–Crippen MR) is 137 cm³/mol. The number of amides is 2. The molecule has 1 aromatic heterocycles. The highest BCUT2D eigenvalue weighted by Crippen LogP contribution is 2.36. The number of hydrogen-bond donors (Lipinski definition) is 3. The van der Waals surface area contributed by atoms with Crippen LogP contribution in [0.15, 0.2) is 36.9 Å². The van der Waals surface area contributed by atoms with E-state index in [1.54, 1.807) is 7.11 Å². The van der Waals surface area contributed by atoms with Gasteiger partial charge in [0.1, 0.15) is 6.33 Å². The normalized spacial score (nSPS) is 15.0. The highest BCUT2D eigenvalue weighted by molar-refractivity contribution is 6.01. The first-order chi connectivity index (χ1) is 16.9. The summed E-state index contributed by atoms with van der Waals surface area (Å²) in [5.74, 6) is -0.782. The molecule has 2 amide bonds. The van der Waals surface area contributed by atoms with Crippen molar-refractivity contribution in [2.75, 3.05) is 35.8 Å². The van der Waals surface area contributed by atoms with E-state index in [0.717, 1.165) is 30.6 Å². The molecular formula is C26H37N5O4. The molecule has 3 N–H and O–H groups in total. The molecule has 1 fully saturated rings. The molecule has 0 radical (unpaired) electrons. The van der Waals surface area contributed by atoms with E-state index in [4.69, 9.17) is 4.74 Å². The summed E-state index contributed by atoms with van der Waals surface area (Å²) in [6.45, 7) is 5.53. The van der Waals surface area contributed by atoms with Crippen molar-refractivity contribution < 1.29 is 19.4 Å². The van der Waals surface area contributed by atoms with Gasteiger partial charge in [-0.1, -0.05) is 39.2 Å². The second kappa shape index (κ2) is 13.0. The van der Waals surface area contributed by atoms with Gasteiger partial charge in [0.25, 0.3) is 0 Å². The molecule has 0 bridgehead atoms. The molecule has 2 aromatic rings. The summed E-state index contributed by atoms with van der Waals surface area (Å²) in [4.78, 5) is 34.7. The number of methoxy groups -OCH3 is 1. The van der Waals surface area contributed by atoms with Crippen LogP contribution in [-0.2, 0) is 9.53 Å². The fourth-order valence-corrected chi connectivity index (χ4v) is 4.72. The van der Waals surface area contributed by atoms with E-state index in [9.17, 15) is 14.7 Å². The molecule has 0 saturated heterocycles. The highest BCUT2D eigenvalue weighted by atomic mass is 16.5. The number of carbonyl (C=O) groups is 2. The molecule has 0 aliphatic heterocycles. The average molecular weight is 484 g/mol. The van der Waals surface area contributed by atoms with Gasteiger partial charge in [0.15, 0.2) is 0 Å². The number of carboxylic acids is 1. The van der Waals surface area contributed by atoms with Gasteiger partial charge in [0.05, 0.1) is 42.5 Å². The lowest BCUT2D eigenvalue weighted by Crippen LogP contribution is -2.40. The van der Waals surface area contributed by atoms with Crippen LogP contribution in [0.1, 0.15) is 63.9 Å². The van der Waals surface area contributed by atoms with Gasteiger partial charge < -0.3 is 25.4 Å². The van der Waals surface area contributed by atoms with Crippen molar-refractivity contribution in [1.82, 2.24) is 9.97 Å². The Balaban J connectivity index is 1.97. The van der Waals surface area contributed by atoms with E-state index in [2.05, 4.69) is 39.3 Å². The van der Waals surface area contributed by atoms with Gasteiger partial charge in [-0.3, -0.25) is 4.79 Å². The molecule has 190 valence electrons. The molecule has 1 unspecified atom stereocenters. The lowest BCUT2D eigenvalue weighted by molar-refractivity contribution is -0.137. The summed E-state index contributed by atoms with van der Waals surface area (Å²) < 4.78 is 5.30. The molecule has 9 heteroatoms. The van der Waals surface area contributed by atoms with Crippen molar-refractivity contribution in [1.29, 1.82) is 0 Å². The Kier molecular flexibility index (Phi) is 9.84. The average Bonchev–Trinajstić information content (AvgIpc) is 2.83. The topological polar surface area (TPSA) is 117 Å². The Morgan fingerprint density at radius 3 is 2.49 bits per heavy atom. The number of aromatic nitrogens is 2. The molecule has 1 aliphatic rings. The maximum absolute atomic E-state index is 12.9. The molecule has 1 aromatic carbocycles. The molecule has 35 heavy (non-hydrogen) atoms. The third-order valence-electron chi connectivity index (χ3n) is 6.23. The quantitative estimate of drug-likeness (QED) is 0.406. The van der Waals surface area contributed by atoms with Gasteiger partial charge in [0.2, 0.25) is 0 Å². The zero-order valence-electron chi connectivity index (χ0n) is 20.9. The molecule has 1 atom stereocenters. The molecule has 0 spiro atoms. The summed E-state index contributed by atoms with van der Waals surface area (Å²) in [5, 5.41) is 15.2. The summed E-state index contributed by atoms with van der Waals surface area (Å²) in [6.07, 6.45) is 10.3. The number of aliphatic carboxylic acids is 1. The van der Waals surface area contributed by atoms with Crippen molar-refractivity contribution in [2.24, 2.45) is 5.92 Å². The SMILES string of the molecule is COCC(CC(=O)O)c1ccc(N(CC(C)C)C2CCCCC2)c(NC(=O)Nc2cncnc2)c1. The van der Waals surface area contributed by atoms with Crippen LogP contribution < -0.4 is 15.5 Å². The van der Waals surface area contributed by atoms with E-state index < -0.39 is 12.0 Å². The number of nitrogens with one attached hydrogen (secondary N) is 2. The number of carbonyl (C=O) groups excluding carboxylic acids is 1. The van der Waals surface area contributed by atoms with Gasteiger partial charge in [0, 0.05) is 25.6 Å². The maximum atomic E-state index is 12.9. The summed E-state index contributed by atoms with van der Waals surface area (Å²) in [6, 6.07) is 5.86. The number of ether oxygens (including phenoxy) is 1. The number of hydrogen-bond acceptors (Lipinski definition) is 6. The molecule has 3 rings (SSSR count). The van der Waals surface area contributed by atoms with Gasteiger partial charge >= 0.3 is 12.0 Å². The highest BCUT2D eigenvalue weighted by Gasteiger charge is 2.26. The number of nitrogens with zero attached hydrogens (tertiary/aromatic N) is 3. The number of urea groups is 1. The minimum atomic E-state index is -0.893. The van der Waals surface area contributed by atoms with E-state index in [1.807, 2.05) is 18.2 Å². The Morgan fingerprint density at radius 2 is 1.86 bits per heavy atom. The minimum absolute atomic E-state index is 0.0570. The Morgan fingerprint density at radius 1 is 1.14 bits per heavy atom. The van der Waals surface area contributed by atoms with E-state index in [0.29, 0.717) is 23.3 Å². The van der Waals surface area contributed by atoms with E-state index in [1.165, 1.54) is 38.0 Å². The minimum Gasteiger partial charge on any atom is -0.481 e. The molecule has 1 saturated carbocycles. The van der Waals surface area contributed by atoms with Crippen molar-refractivity contribution in [3.05, 3.63) is 42.5 Å². The Bertz CT molecular complexity index is 963. The van der Waals surface area contributed by atoms with E-state index >= 15 is 0 Å². The van der Waals surface area contributed by atoms with Crippen molar-refractivity contribution in [2.45, 2.75) is 64.3 Å². The monoisotopic (exact) mass is 483 g/mol. The third-order valence-corrected chi connectivity index (χ3v) is 6.23. The zero-order chi connectivity index (χ0) is 25.2. The van der Waals surface area contributed by atoms with Gasteiger partial charge in [-0.05, 0) is 36.5 Å². The zero-order valence-corrected chi connectivity index (χ0v) is 20.9. The molecular weight excluding hydrogens is 446 g/mol. The molecule has 1 aliphatic carbocycles. The Labute approximate surface area is 207 Å². The lowest BCUT2D eigenvalue weighted by Gasteiger charge is -2.38. The second-order valence-corrected chi connectivity index (χ2v) is 9.57. The van der Waals surface area contributed by atoms with Crippen LogP contribution in [0.3, 0.4) is 0 Å². The van der Waals surface area contributed by atoms with Crippen LogP contribution in [0, 0.1) is 5.92 Å². The number of benzene rings is 1. The first-order valence-corrected chi connectivity index (χ1v) is 12.3. The summed E-state index contributed by atoms with van der Waals surface area (Å²) >= 11 is 0. The summed E-state index contributed by atoms with van der Waals surface area (Å²) in [7, 11) is 1.56. The number of carboxylic acid groups (broad SMARTS) is 1. The van der Waals surface area contributed by atoms with Crippen LogP contribution in [0.5, 0.6) is 0 Å². The first kappa shape index (κ1) is 26.4. The fourth-order valence-electron chi connectivity index (χ4n) is 4.72. The third kappa shape index (κ3) is 7.92. The van der Waals surface area contributed by atoms with Crippen LogP contribution in [0.25, 0.3) is 0 Å². The summed E-state index contributed by atoms with van der Waals surface area (Å²) in [5.41, 5.74) is 2.89. The van der Waals surface area contributed by atoms with Gasteiger partial charge in [-0.25, -0.2) is 14.8 Å². The molecule has 9 nitrogen and oxygen atoms in total. The van der Waals surface area contributed by atoms with Gasteiger partial charge in [-0.2, -0.15) is 0 Å². The number of rotatable bonds is 11. The number of anilines is 3. The lowest BCUT2D eigenvalue weighted by atomic mass is 9.91. The van der Waals surface area contributed by atoms with Crippen LogP contribution in [-0.4, -0.2) is 53.4 Å². The molecule has 1 heterocycles. The van der Waals surface area contributed by atoms with Crippen molar-refractivity contribution in [3.8, 4) is 0 Å². The predicted octanol–water partition coefficient (Wildman–Crippen LogP) is 5.12. The van der Waals surface area contributed by atoms with Crippen LogP contribution in [0.2, 0.25) is 0 Å². The smallest absolute Gasteiger partial charge is 0.323 e. The van der Waals surface area contributed by atoms with Crippen LogP contribution in [0.4, 0.5) is 21.9 Å². The van der Waals surface area contributed by atoms with Crippen LogP contribution >= 0.6 is 0 Å². The van der Waals surface area contributed by atoms with Crippen molar-refractivity contribution in [3.63, 3.8) is 0 Å².